The summed E-state index contributed by atoms with van der Waals surface area (Å²) in [4.78, 5) is 25.5. The molecule has 5 nitrogen and oxygen atoms in total. The molecule has 2 aromatic heterocycles. The van der Waals surface area contributed by atoms with Crippen LogP contribution in [0.3, 0.4) is 0 Å². The number of anilines is 1. The molecule has 4 aromatic rings. The molecule has 4 rings (SSSR count). The quantitative estimate of drug-likeness (QED) is 0.386. The highest BCUT2D eigenvalue weighted by molar-refractivity contribution is 7.98. The maximum Gasteiger partial charge on any atom is 0.419 e. The fourth-order valence-electron chi connectivity index (χ4n) is 3.07. The maximum absolute atomic E-state index is 12.4. The molecule has 29 heavy (non-hydrogen) atoms. The molecule has 148 valence electrons. The van der Waals surface area contributed by atoms with Gasteiger partial charge in [0.05, 0.1) is 11.2 Å². The molecular weight excluding hydrogens is 404 g/mol. The number of para-hydroxylation sites is 3. The summed E-state index contributed by atoms with van der Waals surface area (Å²) in [6, 6.07) is 17.3. The van der Waals surface area contributed by atoms with E-state index in [2.05, 4.69) is 22.1 Å². The van der Waals surface area contributed by atoms with E-state index in [-0.39, 0.29) is 11.7 Å². The molecule has 1 N–H and O–H groups in total. The maximum atomic E-state index is 12.4. The van der Waals surface area contributed by atoms with Gasteiger partial charge in [-0.1, -0.05) is 24.3 Å². The van der Waals surface area contributed by atoms with Crippen LogP contribution in [-0.2, 0) is 17.1 Å². The van der Waals surface area contributed by atoms with Gasteiger partial charge in [-0.15, -0.1) is 11.8 Å². The number of carbonyl (C=O) groups excluding carboxylic acids is 1. The summed E-state index contributed by atoms with van der Waals surface area (Å²) in [5, 5.41) is 7.21. The molecule has 0 spiro atoms. The summed E-state index contributed by atoms with van der Waals surface area (Å²) < 4.78 is 6.81. The molecular formula is C22H20N2O3S2. The van der Waals surface area contributed by atoms with E-state index in [4.69, 9.17) is 4.42 Å². The van der Waals surface area contributed by atoms with E-state index < -0.39 is 0 Å². The van der Waals surface area contributed by atoms with E-state index in [0.717, 1.165) is 21.9 Å². The molecule has 0 saturated carbocycles. The minimum absolute atomic E-state index is 0.0607. The smallest absolute Gasteiger partial charge is 0.408 e. The van der Waals surface area contributed by atoms with E-state index in [1.54, 1.807) is 33.7 Å². The second kappa shape index (κ2) is 9.15. The molecule has 1 amide bonds. The summed E-state index contributed by atoms with van der Waals surface area (Å²) in [5.41, 5.74) is 3.43. The van der Waals surface area contributed by atoms with Crippen LogP contribution in [0.1, 0.15) is 18.4 Å². The zero-order valence-electron chi connectivity index (χ0n) is 15.7. The second-order valence-electron chi connectivity index (χ2n) is 6.56. The third-order valence-corrected chi connectivity index (χ3v) is 6.37. The van der Waals surface area contributed by atoms with Crippen molar-refractivity contribution in [1.29, 1.82) is 0 Å². The number of aromatic nitrogens is 1. The minimum Gasteiger partial charge on any atom is -0.408 e. The second-order valence-corrected chi connectivity index (χ2v) is 8.35. The lowest BCUT2D eigenvalue weighted by Gasteiger charge is -2.10. The molecule has 0 atom stereocenters. The van der Waals surface area contributed by atoms with Gasteiger partial charge in [0.2, 0.25) is 5.91 Å². The Balaban J connectivity index is 1.34. The van der Waals surface area contributed by atoms with Crippen molar-refractivity contribution in [3.8, 4) is 0 Å². The van der Waals surface area contributed by atoms with E-state index >= 15 is 0 Å². The average Bonchev–Trinajstić information content (AvgIpc) is 3.35. The summed E-state index contributed by atoms with van der Waals surface area (Å²) in [7, 11) is 0. The number of rotatable bonds is 8. The van der Waals surface area contributed by atoms with E-state index in [0.29, 0.717) is 25.0 Å². The molecule has 0 fully saturated rings. The Labute approximate surface area is 176 Å². The van der Waals surface area contributed by atoms with Gasteiger partial charge in [-0.3, -0.25) is 9.36 Å². The van der Waals surface area contributed by atoms with Gasteiger partial charge < -0.3 is 9.73 Å². The highest BCUT2D eigenvalue weighted by Gasteiger charge is 2.11. The first-order chi connectivity index (χ1) is 14.2. The number of nitrogens with zero attached hydrogens (tertiary/aromatic N) is 1. The predicted molar refractivity (Wildman–Crippen MR) is 119 cm³/mol. The van der Waals surface area contributed by atoms with Gasteiger partial charge in [-0.05, 0) is 53.1 Å². The van der Waals surface area contributed by atoms with Crippen molar-refractivity contribution in [2.75, 3.05) is 5.32 Å². The van der Waals surface area contributed by atoms with E-state index in [1.807, 2.05) is 42.5 Å². The zero-order chi connectivity index (χ0) is 20.1. The van der Waals surface area contributed by atoms with Crippen LogP contribution in [-0.4, -0.2) is 10.5 Å². The first-order valence-electron chi connectivity index (χ1n) is 9.32. The number of hydrogen-bond donors (Lipinski definition) is 1. The molecule has 0 aliphatic carbocycles. The molecule has 0 bridgehead atoms. The zero-order valence-corrected chi connectivity index (χ0v) is 17.3. The number of benzene rings is 2. The third kappa shape index (κ3) is 4.81. The largest absolute Gasteiger partial charge is 0.419 e. The molecule has 0 aliphatic heterocycles. The predicted octanol–water partition coefficient (Wildman–Crippen LogP) is 5.37. The number of thioether (sulfide) groups is 1. The molecule has 2 aromatic carbocycles. The number of nitrogens with one attached hydrogen (secondary N) is 1. The lowest BCUT2D eigenvalue weighted by molar-refractivity contribution is -0.116. The Bertz CT molecular complexity index is 1160. The first kappa shape index (κ1) is 19.5. The van der Waals surface area contributed by atoms with E-state index in [9.17, 15) is 9.59 Å². The number of amides is 1. The van der Waals surface area contributed by atoms with Crippen LogP contribution in [0, 0.1) is 0 Å². The van der Waals surface area contributed by atoms with Crippen LogP contribution in [0.15, 0.2) is 79.5 Å². The Morgan fingerprint density at radius 2 is 1.93 bits per heavy atom. The van der Waals surface area contributed by atoms with Gasteiger partial charge in [-0.2, -0.15) is 11.3 Å². The van der Waals surface area contributed by atoms with Crippen molar-refractivity contribution in [1.82, 2.24) is 4.57 Å². The van der Waals surface area contributed by atoms with Crippen LogP contribution in [0.5, 0.6) is 0 Å². The molecule has 0 aliphatic rings. The average molecular weight is 425 g/mol. The third-order valence-electron chi connectivity index (χ3n) is 4.49. The number of oxazole rings is 1. The summed E-state index contributed by atoms with van der Waals surface area (Å²) in [5.74, 6) is 0.420. The molecule has 0 saturated heterocycles. The number of thiophene rings is 1. The lowest BCUT2D eigenvalue weighted by Crippen LogP contribution is -2.17. The SMILES string of the molecule is O=C(CCCn1c(=O)oc2ccccc21)Nc1ccccc1SCc1ccsc1. The van der Waals surface area contributed by atoms with Crippen molar-refractivity contribution in [2.24, 2.45) is 0 Å². The van der Waals surface area contributed by atoms with Crippen molar-refractivity contribution in [3.63, 3.8) is 0 Å². The van der Waals surface area contributed by atoms with Gasteiger partial charge in [0.1, 0.15) is 0 Å². The Morgan fingerprint density at radius 3 is 2.79 bits per heavy atom. The van der Waals surface area contributed by atoms with Crippen LogP contribution in [0.2, 0.25) is 0 Å². The van der Waals surface area contributed by atoms with Gasteiger partial charge in [-0.25, -0.2) is 4.79 Å². The van der Waals surface area contributed by atoms with Crippen LogP contribution in [0.4, 0.5) is 5.69 Å². The fraction of sp³-hybridized carbons (Fsp3) is 0.182. The minimum atomic E-state index is -0.387. The Morgan fingerprint density at radius 1 is 1.10 bits per heavy atom. The van der Waals surface area contributed by atoms with Crippen molar-refractivity contribution in [2.45, 2.75) is 30.0 Å². The van der Waals surface area contributed by atoms with Gasteiger partial charge in [0, 0.05) is 23.6 Å². The topological polar surface area (TPSA) is 64.2 Å². The standard InChI is InChI=1S/C22H20N2O3S2/c25-21(10-5-12-24-18-7-2-3-8-19(18)27-22(24)26)23-17-6-1-4-9-20(17)29-15-16-11-13-28-14-16/h1-4,6-9,11,13-14H,5,10,12,15H2,(H,23,25). The molecule has 0 unspecified atom stereocenters. The molecule has 7 heteroatoms. The van der Waals surface area contributed by atoms with E-state index in [1.165, 1.54) is 5.56 Å². The number of aryl methyl sites for hydroxylation is 1. The van der Waals surface area contributed by atoms with Gasteiger partial charge in [0.25, 0.3) is 0 Å². The summed E-state index contributed by atoms with van der Waals surface area (Å²) >= 11 is 3.39. The number of hydrogen-bond acceptors (Lipinski definition) is 5. The Hall–Kier alpha value is -2.77. The monoisotopic (exact) mass is 424 g/mol. The molecule has 0 radical (unpaired) electrons. The van der Waals surface area contributed by atoms with Crippen LogP contribution in [0.25, 0.3) is 11.1 Å². The highest BCUT2D eigenvalue weighted by atomic mass is 32.2. The molecule has 2 heterocycles. The van der Waals surface area contributed by atoms with Crippen molar-refractivity contribution >= 4 is 45.8 Å². The normalized spacial score (nSPS) is 11.0. The number of fused-ring (bicyclic) bond motifs is 1. The highest BCUT2D eigenvalue weighted by Crippen LogP contribution is 2.30. The van der Waals surface area contributed by atoms with Crippen molar-refractivity contribution < 1.29 is 9.21 Å². The fourth-order valence-corrected chi connectivity index (χ4v) is 4.79. The van der Waals surface area contributed by atoms with Crippen LogP contribution < -0.4 is 11.1 Å². The van der Waals surface area contributed by atoms with Crippen LogP contribution >= 0.6 is 23.1 Å². The van der Waals surface area contributed by atoms with Gasteiger partial charge >= 0.3 is 5.76 Å². The van der Waals surface area contributed by atoms with Gasteiger partial charge in [0.15, 0.2) is 5.58 Å². The number of carbonyl (C=O) groups is 1. The lowest BCUT2D eigenvalue weighted by atomic mass is 10.2. The van der Waals surface area contributed by atoms with Crippen molar-refractivity contribution in [3.05, 3.63) is 81.5 Å². The Kier molecular flexibility index (Phi) is 6.17. The first-order valence-corrected chi connectivity index (χ1v) is 11.2. The summed E-state index contributed by atoms with van der Waals surface area (Å²) in [6.07, 6.45) is 0.884. The summed E-state index contributed by atoms with van der Waals surface area (Å²) in [6.45, 7) is 0.442.